The van der Waals surface area contributed by atoms with Crippen LogP contribution in [0.5, 0.6) is 11.5 Å². The minimum Gasteiger partial charge on any atom is -0.491 e. The van der Waals surface area contributed by atoms with Crippen molar-refractivity contribution < 1.29 is 40.6 Å². The highest BCUT2D eigenvalue weighted by molar-refractivity contribution is 5.76. The number of piperidine rings is 1. The summed E-state index contributed by atoms with van der Waals surface area (Å²) in [6.07, 6.45) is -4.58. The first-order valence-corrected chi connectivity index (χ1v) is 10.1. The average Bonchev–Trinajstić information content (AvgIpc) is 2.74. The van der Waals surface area contributed by atoms with Crippen molar-refractivity contribution in [1.82, 2.24) is 15.2 Å². The van der Waals surface area contributed by atoms with Crippen LogP contribution in [0.4, 0.5) is 31.1 Å². The van der Waals surface area contributed by atoms with E-state index >= 15 is 0 Å². The third kappa shape index (κ3) is 4.79. The number of benzene rings is 1. The first-order valence-electron chi connectivity index (χ1n) is 10.1. The van der Waals surface area contributed by atoms with Crippen molar-refractivity contribution in [2.24, 2.45) is 0 Å². The highest BCUT2D eigenvalue weighted by Crippen LogP contribution is 2.42. The number of nitrogens with zero attached hydrogens (tertiary/aromatic N) is 2. The van der Waals surface area contributed by atoms with E-state index in [-0.39, 0.29) is 37.4 Å². The number of carbonyl (C=O) groups excluding carboxylic acids is 1. The number of ether oxygens (including phenoxy) is 2. The Kier molecular flexibility index (Phi) is 5.79. The molecule has 33 heavy (non-hydrogen) atoms. The number of alkyl halides is 5. The zero-order valence-corrected chi connectivity index (χ0v) is 17.1. The molecule has 1 N–H and O–H groups in total. The van der Waals surface area contributed by atoms with Gasteiger partial charge in [0.2, 0.25) is 0 Å². The first kappa shape index (κ1) is 23.0. The Hall–Kier alpha value is -3.18. The summed E-state index contributed by atoms with van der Waals surface area (Å²) in [4.78, 5) is 18.5. The van der Waals surface area contributed by atoms with Crippen LogP contribution >= 0.6 is 0 Å². The first-order chi connectivity index (χ1) is 15.5. The van der Waals surface area contributed by atoms with Crippen molar-refractivity contribution in [3.8, 4) is 11.5 Å². The number of hydrogen-bond donors (Lipinski definition) is 1. The molecule has 12 heteroatoms. The predicted octanol–water partition coefficient (Wildman–Crippen LogP) is 4.59. The van der Waals surface area contributed by atoms with Gasteiger partial charge in [0.05, 0.1) is 6.61 Å². The molecule has 0 aliphatic carbocycles. The van der Waals surface area contributed by atoms with Gasteiger partial charge in [0.25, 0.3) is 5.92 Å². The second kappa shape index (κ2) is 8.31. The summed E-state index contributed by atoms with van der Waals surface area (Å²) >= 11 is 0. The number of aromatic nitrogens is 1. The Morgan fingerprint density at radius 3 is 2.55 bits per heavy atom. The summed E-state index contributed by atoms with van der Waals surface area (Å²) in [5, 5.41) is 2.77. The molecular formula is C21H19F6N3O3. The van der Waals surface area contributed by atoms with Crippen LogP contribution in [-0.4, -0.2) is 47.9 Å². The van der Waals surface area contributed by atoms with Crippen molar-refractivity contribution in [2.45, 2.75) is 37.1 Å². The van der Waals surface area contributed by atoms with Gasteiger partial charge in [0, 0.05) is 38.5 Å². The maximum absolute atomic E-state index is 14.6. The molecule has 1 fully saturated rings. The largest absolute Gasteiger partial charge is 0.573 e. The van der Waals surface area contributed by atoms with E-state index in [9.17, 15) is 31.1 Å². The SMILES string of the molecule is O=C(N[C@]1(c2ccc(OC(F)(F)F)c(F)c2)CCOc2cccnc21)N1CCC(F)(F)CC1. The van der Waals surface area contributed by atoms with Gasteiger partial charge < -0.3 is 19.7 Å². The molecule has 0 radical (unpaired) electrons. The van der Waals surface area contributed by atoms with Crippen LogP contribution in [0.15, 0.2) is 36.5 Å². The Balaban J connectivity index is 1.71. The predicted molar refractivity (Wildman–Crippen MR) is 102 cm³/mol. The van der Waals surface area contributed by atoms with E-state index < -0.39 is 48.3 Å². The Morgan fingerprint density at radius 2 is 1.88 bits per heavy atom. The van der Waals surface area contributed by atoms with Crippen molar-refractivity contribution >= 4 is 6.03 Å². The van der Waals surface area contributed by atoms with E-state index in [1.807, 2.05) is 0 Å². The number of rotatable bonds is 3. The van der Waals surface area contributed by atoms with Crippen molar-refractivity contribution in [2.75, 3.05) is 19.7 Å². The molecule has 1 aromatic carbocycles. The zero-order valence-electron chi connectivity index (χ0n) is 17.1. The van der Waals surface area contributed by atoms with Crippen LogP contribution in [0, 0.1) is 5.82 Å². The van der Waals surface area contributed by atoms with E-state index in [1.54, 1.807) is 12.1 Å². The monoisotopic (exact) mass is 475 g/mol. The van der Waals surface area contributed by atoms with Gasteiger partial charge in [-0.15, -0.1) is 13.2 Å². The quantitative estimate of drug-likeness (QED) is 0.660. The molecule has 2 aliphatic rings. The fraction of sp³-hybridized carbons (Fsp3) is 0.429. The summed E-state index contributed by atoms with van der Waals surface area (Å²) in [5.74, 6) is -4.89. The minimum absolute atomic E-state index is 0.0751. The van der Waals surface area contributed by atoms with Crippen LogP contribution in [0.25, 0.3) is 0 Å². The van der Waals surface area contributed by atoms with E-state index in [1.165, 1.54) is 17.2 Å². The van der Waals surface area contributed by atoms with Crippen molar-refractivity contribution in [1.29, 1.82) is 0 Å². The fourth-order valence-electron chi connectivity index (χ4n) is 4.01. The third-order valence-corrected chi connectivity index (χ3v) is 5.66. The lowest BCUT2D eigenvalue weighted by Gasteiger charge is -2.41. The van der Waals surface area contributed by atoms with Crippen LogP contribution in [-0.2, 0) is 5.54 Å². The normalized spacial score (nSPS) is 22.2. The molecule has 2 amide bonds. The molecule has 4 rings (SSSR count). The molecule has 0 unspecified atom stereocenters. The minimum atomic E-state index is -5.09. The van der Waals surface area contributed by atoms with E-state index in [2.05, 4.69) is 15.0 Å². The van der Waals surface area contributed by atoms with E-state index in [4.69, 9.17) is 4.74 Å². The van der Waals surface area contributed by atoms with Gasteiger partial charge in [-0.3, -0.25) is 4.98 Å². The Morgan fingerprint density at radius 1 is 1.15 bits per heavy atom. The summed E-state index contributed by atoms with van der Waals surface area (Å²) in [5.41, 5.74) is -1.15. The molecule has 1 aromatic heterocycles. The lowest BCUT2D eigenvalue weighted by Crippen LogP contribution is -2.56. The number of fused-ring (bicyclic) bond motifs is 1. The van der Waals surface area contributed by atoms with E-state index in [0.29, 0.717) is 5.75 Å². The number of amides is 2. The van der Waals surface area contributed by atoms with Gasteiger partial charge in [0.15, 0.2) is 11.6 Å². The molecule has 0 spiro atoms. The zero-order chi connectivity index (χ0) is 23.9. The van der Waals surface area contributed by atoms with Crippen LogP contribution in [0.2, 0.25) is 0 Å². The van der Waals surface area contributed by atoms with Gasteiger partial charge in [-0.1, -0.05) is 6.07 Å². The Labute approximate surface area is 184 Å². The standard InChI is InChI=1S/C21H19F6N3O3/c22-14-12-13(3-4-15(14)33-21(25,26)27)20(7-11-32-16-2-1-8-28-17(16)20)29-18(31)30-9-5-19(23,24)6-10-30/h1-4,8,12H,5-7,9-11H2,(H,29,31)/t20-/m0/s1. The molecule has 0 bridgehead atoms. The molecule has 178 valence electrons. The summed E-state index contributed by atoms with van der Waals surface area (Å²) < 4.78 is 88.5. The maximum Gasteiger partial charge on any atom is 0.573 e. The van der Waals surface area contributed by atoms with E-state index in [0.717, 1.165) is 12.1 Å². The molecule has 3 heterocycles. The highest BCUT2D eigenvalue weighted by Gasteiger charge is 2.45. The average molecular weight is 475 g/mol. The number of nitrogens with one attached hydrogen (secondary N) is 1. The second-order valence-corrected chi connectivity index (χ2v) is 7.82. The summed E-state index contributed by atoms with van der Waals surface area (Å²) in [6.45, 7) is -0.292. The second-order valence-electron chi connectivity index (χ2n) is 7.82. The molecule has 1 atom stereocenters. The molecule has 2 aromatic rings. The maximum atomic E-state index is 14.6. The topological polar surface area (TPSA) is 63.7 Å². The van der Waals surface area contributed by atoms with Crippen molar-refractivity contribution in [3.05, 3.63) is 53.6 Å². The van der Waals surface area contributed by atoms with Crippen LogP contribution in [0.3, 0.4) is 0 Å². The smallest absolute Gasteiger partial charge is 0.491 e. The van der Waals surface area contributed by atoms with Gasteiger partial charge in [-0.05, 0) is 29.8 Å². The number of pyridine rings is 1. The number of likely N-dealkylation sites (tertiary alicyclic amines) is 1. The van der Waals surface area contributed by atoms with Gasteiger partial charge in [-0.25, -0.2) is 18.0 Å². The molecule has 0 saturated carbocycles. The van der Waals surface area contributed by atoms with Crippen molar-refractivity contribution in [3.63, 3.8) is 0 Å². The number of hydrogen-bond acceptors (Lipinski definition) is 4. The van der Waals surface area contributed by atoms with Gasteiger partial charge in [-0.2, -0.15) is 0 Å². The molecule has 1 saturated heterocycles. The van der Waals surface area contributed by atoms with Crippen LogP contribution < -0.4 is 14.8 Å². The highest BCUT2D eigenvalue weighted by atomic mass is 19.4. The van der Waals surface area contributed by atoms with Gasteiger partial charge >= 0.3 is 12.4 Å². The lowest BCUT2D eigenvalue weighted by molar-refractivity contribution is -0.275. The molecule has 6 nitrogen and oxygen atoms in total. The Bertz CT molecular complexity index is 1040. The number of urea groups is 1. The summed E-state index contributed by atoms with van der Waals surface area (Å²) in [6, 6.07) is 5.32. The lowest BCUT2D eigenvalue weighted by atomic mass is 9.81. The number of halogens is 6. The molecular weight excluding hydrogens is 456 g/mol. The number of carbonyl (C=O) groups is 1. The van der Waals surface area contributed by atoms with Crippen LogP contribution in [0.1, 0.15) is 30.5 Å². The molecule has 2 aliphatic heterocycles. The van der Waals surface area contributed by atoms with Gasteiger partial charge in [0.1, 0.15) is 17.0 Å². The third-order valence-electron chi connectivity index (χ3n) is 5.66. The summed E-state index contributed by atoms with van der Waals surface area (Å²) in [7, 11) is 0. The fourth-order valence-corrected chi connectivity index (χ4v) is 4.01.